The van der Waals surface area contributed by atoms with Gasteiger partial charge in [0.15, 0.2) is 34.7 Å². The van der Waals surface area contributed by atoms with Gasteiger partial charge in [0, 0.05) is 32.2 Å². The summed E-state index contributed by atoms with van der Waals surface area (Å²) in [6.07, 6.45) is 1.15. The molecule has 1 amide bonds. The van der Waals surface area contributed by atoms with Gasteiger partial charge in [-0.25, -0.2) is 0 Å². The molecule has 3 aliphatic rings. The zero-order valence-electron chi connectivity index (χ0n) is 30.6. The fourth-order valence-electron chi connectivity index (χ4n) is 8.56. The molecular formula is C40H48N4O8. The van der Waals surface area contributed by atoms with Crippen molar-refractivity contribution in [2.75, 3.05) is 39.6 Å². The number of fused-ring (bicyclic) bond motifs is 3. The zero-order valence-corrected chi connectivity index (χ0v) is 30.6. The summed E-state index contributed by atoms with van der Waals surface area (Å²) in [5.74, 6) is -9.36. The Labute approximate surface area is 303 Å². The van der Waals surface area contributed by atoms with E-state index in [0.717, 1.165) is 19.5 Å². The van der Waals surface area contributed by atoms with Gasteiger partial charge in [-0.15, -0.1) is 0 Å². The maximum absolute atomic E-state index is 14.5. The summed E-state index contributed by atoms with van der Waals surface area (Å²) in [6, 6.07) is 14.4. The number of phenols is 1. The molecule has 1 heterocycles. The van der Waals surface area contributed by atoms with Crippen LogP contribution < -0.4 is 10.6 Å². The van der Waals surface area contributed by atoms with Gasteiger partial charge in [-0.2, -0.15) is 0 Å². The van der Waals surface area contributed by atoms with Gasteiger partial charge in [-0.1, -0.05) is 44.2 Å². The molecule has 276 valence electrons. The summed E-state index contributed by atoms with van der Waals surface area (Å²) in [4.78, 5) is 73.8. The van der Waals surface area contributed by atoms with Gasteiger partial charge >= 0.3 is 0 Å². The predicted octanol–water partition coefficient (Wildman–Crippen LogP) is 3.24. The average molecular weight is 713 g/mol. The molecule has 6 rings (SSSR count). The highest BCUT2D eigenvalue weighted by atomic mass is 16.3. The Bertz CT molecular complexity index is 1920. The predicted molar refractivity (Wildman–Crippen MR) is 193 cm³/mol. The summed E-state index contributed by atoms with van der Waals surface area (Å²) in [5.41, 5.74) is 5.18. The lowest BCUT2D eigenvalue weighted by atomic mass is 9.52. The highest BCUT2D eigenvalue weighted by Crippen LogP contribution is 2.53. The third kappa shape index (κ3) is 6.26. The molecule has 52 heavy (non-hydrogen) atoms. The number of rotatable bonds is 11. The second kappa shape index (κ2) is 14.1. The van der Waals surface area contributed by atoms with E-state index in [2.05, 4.69) is 30.9 Å². The van der Waals surface area contributed by atoms with Crippen molar-refractivity contribution in [2.24, 2.45) is 35.3 Å². The minimum atomic E-state index is -2.79. The Morgan fingerprint density at radius 1 is 1.00 bits per heavy atom. The van der Waals surface area contributed by atoms with Crippen molar-refractivity contribution in [2.45, 2.75) is 57.8 Å². The van der Waals surface area contributed by atoms with Crippen molar-refractivity contribution in [3.63, 3.8) is 0 Å². The molecule has 12 heteroatoms. The third-order valence-corrected chi connectivity index (χ3v) is 11.1. The smallest absolute Gasteiger partial charge is 0.235 e. The number of furan rings is 1. The van der Waals surface area contributed by atoms with Crippen LogP contribution in [0.3, 0.4) is 0 Å². The van der Waals surface area contributed by atoms with Crippen LogP contribution in [0.1, 0.15) is 53.9 Å². The van der Waals surface area contributed by atoms with Gasteiger partial charge in [0.2, 0.25) is 5.91 Å². The van der Waals surface area contributed by atoms with Crippen molar-refractivity contribution < 1.29 is 38.6 Å². The summed E-state index contributed by atoms with van der Waals surface area (Å²) >= 11 is 0. The summed E-state index contributed by atoms with van der Waals surface area (Å²) < 4.78 is 6.33. The monoisotopic (exact) mass is 712 g/mol. The molecule has 0 bridgehead atoms. The number of aromatic hydroxyl groups is 1. The van der Waals surface area contributed by atoms with E-state index in [1.165, 1.54) is 10.5 Å². The van der Waals surface area contributed by atoms with Crippen molar-refractivity contribution in [1.82, 2.24) is 9.80 Å². The molecule has 12 nitrogen and oxygen atoms in total. The van der Waals surface area contributed by atoms with E-state index in [-0.39, 0.29) is 29.7 Å². The molecule has 4 N–H and O–H groups in total. The van der Waals surface area contributed by atoms with Crippen LogP contribution in [0.5, 0.6) is 5.75 Å². The van der Waals surface area contributed by atoms with Crippen LogP contribution in [0.4, 0.5) is 5.69 Å². The van der Waals surface area contributed by atoms with Gasteiger partial charge in [0.1, 0.15) is 17.3 Å². The average Bonchev–Trinajstić information content (AvgIpc) is 3.53. The number of primary amides is 1. The first-order chi connectivity index (χ1) is 24.6. The second-order valence-electron chi connectivity index (χ2n) is 15.5. The Balaban J connectivity index is 1.37. The van der Waals surface area contributed by atoms with Crippen LogP contribution in [0, 0.1) is 29.6 Å². The van der Waals surface area contributed by atoms with E-state index >= 15 is 0 Å². The summed E-state index contributed by atoms with van der Waals surface area (Å²) in [6.45, 7) is 6.46. The number of benzene rings is 2. The lowest BCUT2D eigenvalue weighted by Crippen LogP contribution is -2.74. The van der Waals surface area contributed by atoms with E-state index in [4.69, 9.17) is 10.2 Å². The van der Waals surface area contributed by atoms with Gasteiger partial charge in [0.25, 0.3) is 0 Å². The topological polar surface area (TPSA) is 175 Å². The van der Waals surface area contributed by atoms with Gasteiger partial charge in [-0.05, 0) is 81.1 Å². The minimum Gasteiger partial charge on any atom is -0.506 e. The molecule has 2 aromatic carbocycles. The molecule has 3 aliphatic carbocycles. The Morgan fingerprint density at radius 2 is 1.69 bits per heavy atom. The number of phenolic OH excluding ortho intramolecular Hbond substituents is 1. The Kier molecular flexibility index (Phi) is 10.0. The maximum atomic E-state index is 14.5. The zero-order chi connectivity index (χ0) is 37.8. The van der Waals surface area contributed by atoms with E-state index in [1.807, 2.05) is 43.3 Å². The number of nitrogens with two attached hydrogens (primary N) is 1. The van der Waals surface area contributed by atoms with Crippen molar-refractivity contribution in [1.29, 1.82) is 0 Å². The number of hydrogen-bond donors (Lipinski definition) is 3. The van der Waals surface area contributed by atoms with Crippen LogP contribution in [0.2, 0.25) is 0 Å². The Hall–Kier alpha value is -4.65. The van der Waals surface area contributed by atoms with Gasteiger partial charge < -0.3 is 25.3 Å². The van der Waals surface area contributed by atoms with Crippen LogP contribution in [-0.2, 0) is 38.7 Å². The maximum Gasteiger partial charge on any atom is 0.235 e. The Morgan fingerprint density at radius 3 is 2.31 bits per heavy atom. The number of amides is 1. The van der Waals surface area contributed by atoms with Crippen molar-refractivity contribution in [3.8, 4) is 17.1 Å². The lowest BCUT2D eigenvalue weighted by molar-refractivity contribution is -0.181. The van der Waals surface area contributed by atoms with E-state index in [1.54, 1.807) is 26.2 Å². The number of hydrogen-bond acceptors (Lipinski definition) is 11. The van der Waals surface area contributed by atoms with E-state index in [0.29, 0.717) is 35.2 Å². The minimum absolute atomic E-state index is 0.0168. The standard InChI is InChI=1S/C40H48N4O8/c1-21(2)14-15-44(19-22-10-8-7-9-11-22)20-24-12-13-29(52-24)26-18-28(42(3)4)25-16-23-17-27-33(43(5)6)36(47)32(39(41)50)38(49)40(27,51)37(48)30(23)35(46)31(25)34(26)45/h7-13,18,21,23,27,30,32-33,45,51H,14-17,19-20H2,1-6H3,(H2,41,50)/t23-,27-,30?,32?,33?,40-/m1/s1. The lowest BCUT2D eigenvalue weighted by Gasteiger charge is -2.52. The first-order valence-electron chi connectivity index (χ1n) is 17.8. The molecule has 2 saturated carbocycles. The number of nitrogens with zero attached hydrogens (tertiary/aromatic N) is 3. The molecule has 0 spiro atoms. The van der Waals surface area contributed by atoms with E-state index < -0.39 is 64.4 Å². The third-order valence-electron chi connectivity index (χ3n) is 11.1. The molecule has 6 atom stereocenters. The van der Waals surface area contributed by atoms with Gasteiger partial charge in [0.05, 0.1) is 29.6 Å². The highest BCUT2D eigenvalue weighted by Gasteiger charge is 2.69. The SMILES string of the molecule is CC(C)CCN(Cc1ccccc1)Cc1ccc(-c2cc(N(C)C)c3c(c2O)C(=O)C2C(=O)[C@@]4(O)C(=O)C(C(N)=O)C(=O)C(N(C)C)[C@H]4C[C@H]2C3)o1. The molecule has 0 radical (unpaired) electrons. The fourth-order valence-corrected chi connectivity index (χ4v) is 8.56. The van der Waals surface area contributed by atoms with Crippen LogP contribution in [0.15, 0.2) is 52.9 Å². The molecule has 3 unspecified atom stereocenters. The molecular weight excluding hydrogens is 664 g/mol. The molecule has 0 aliphatic heterocycles. The highest BCUT2D eigenvalue weighted by molar-refractivity contribution is 6.32. The first kappa shape index (κ1) is 37.1. The summed E-state index contributed by atoms with van der Waals surface area (Å²) in [5, 5.41) is 23.8. The number of ketones is 4. The number of carbonyl (C=O) groups is 5. The summed E-state index contributed by atoms with van der Waals surface area (Å²) in [7, 11) is 6.74. The number of likely N-dealkylation sites (N-methyl/N-ethyl adjacent to an activating group) is 1. The number of anilines is 1. The van der Waals surface area contributed by atoms with Crippen molar-refractivity contribution in [3.05, 3.63) is 71.0 Å². The van der Waals surface area contributed by atoms with Crippen LogP contribution in [-0.4, -0.2) is 95.4 Å². The molecule has 0 saturated heterocycles. The molecule has 2 fully saturated rings. The number of carbonyl (C=O) groups excluding carboxylic acids is 5. The molecule has 3 aromatic rings. The quantitative estimate of drug-likeness (QED) is 0.249. The van der Waals surface area contributed by atoms with Crippen LogP contribution in [0.25, 0.3) is 11.3 Å². The van der Waals surface area contributed by atoms with E-state index in [9.17, 15) is 34.2 Å². The van der Waals surface area contributed by atoms with Gasteiger partial charge in [-0.3, -0.25) is 33.8 Å². The van der Waals surface area contributed by atoms with Crippen LogP contribution >= 0.6 is 0 Å². The number of aliphatic hydroxyl groups is 1. The fraction of sp³-hybridized carbons (Fsp3) is 0.475. The largest absolute Gasteiger partial charge is 0.506 e. The number of Topliss-reactive ketones (excluding diaryl/α,β-unsaturated/α-hetero) is 4. The van der Waals surface area contributed by atoms with Crippen molar-refractivity contribution >= 4 is 34.7 Å². The molecule has 1 aromatic heterocycles. The first-order valence-corrected chi connectivity index (χ1v) is 17.8. The normalized spacial score (nSPS) is 25.8. The second-order valence-corrected chi connectivity index (χ2v) is 15.5.